The van der Waals surface area contributed by atoms with Gasteiger partial charge in [0, 0.05) is 12.8 Å². The number of allylic oxidation sites excluding steroid dienone is 1. The van der Waals surface area contributed by atoms with Crippen LogP contribution in [0.25, 0.3) is 0 Å². The predicted octanol–water partition coefficient (Wildman–Crippen LogP) is 5.81. The molecule has 0 fully saturated rings. The maximum atomic E-state index is 8.58. The Hall–Kier alpha value is -2.67. The lowest BCUT2D eigenvalue weighted by Crippen LogP contribution is -2.36. The largest absolute Gasteiger partial charge is 0.372 e. The van der Waals surface area contributed by atoms with E-state index in [1.807, 2.05) is 43.3 Å². The number of carbonyl (C=O) groups excluding carboxylic acids is 1. The SMILES string of the molecule is C=CC.N=C(CCCCCN)N(Cc1ccc(Cl)c(Cl)c1)C(=N)Cc1ccccc1.NC=O. The van der Waals surface area contributed by atoms with Crippen LogP contribution in [0.3, 0.4) is 0 Å². The van der Waals surface area contributed by atoms with Crippen LogP contribution in [0.5, 0.6) is 0 Å². The number of benzene rings is 2. The summed E-state index contributed by atoms with van der Waals surface area (Å²) in [4.78, 5) is 10.3. The fourth-order valence-corrected chi connectivity index (χ4v) is 3.13. The highest BCUT2D eigenvalue weighted by Gasteiger charge is 2.16. The van der Waals surface area contributed by atoms with Crippen molar-refractivity contribution in [2.75, 3.05) is 6.54 Å². The summed E-state index contributed by atoms with van der Waals surface area (Å²) in [5.74, 6) is 0.843. The average molecular weight is 492 g/mol. The second-order valence-corrected chi connectivity index (χ2v) is 7.85. The molecule has 0 aliphatic heterocycles. The van der Waals surface area contributed by atoms with E-state index in [9.17, 15) is 0 Å². The minimum Gasteiger partial charge on any atom is -0.372 e. The molecular weight excluding hydrogens is 457 g/mol. The number of nitrogens with zero attached hydrogens (tertiary/aromatic N) is 1. The molecule has 0 saturated carbocycles. The smallest absolute Gasteiger partial charge is 0.204 e. The van der Waals surface area contributed by atoms with Gasteiger partial charge in [-0.25, -0.2) is 0 Å². The number of hydrogen-bond acceptors (Lipinski definition) is 4. The van der Waals surface area contributed by atoms with Crippen LogP contribution in [0.2, 0.25) is 10.0 Å². The fourth-order valence-electron chi connectivity index (χ4n) is 2.81. The van der Waals surface area contributed by atoms with E-state index in [4.69, 9.17) is 44.5 Å². The van der Waals surface area contributed by atoms with Gasteiger partial charge in [0.05, 0.1) is 16.6 Å². The van der Waals surface area contributed by atoms with Crippen LogP contribution in [0.1, 0.15) is 43.7 Å². The number of nitrogens with one attached hydrogen (secondary N) is 2. The highest BCUT2D eigenvalue weighted by atomic mass is 35.5. The highest BCUT2D eigenvalue weighted by molar-refractivity contribution is 6.42. The van der Waals surface area contributed by atoms with Gasteiger partial charge in [-0.3, -0.25) is 15.6 Å². The van der Waals surface area contributed by atoms with Crippen molar-refractivity contribution in [3.05, 3.63) is 82.4 Å². The van der Waals surface area contributed by atoms with Crippen LogP contribution in [-0.2, 0) is 17.8 Å². The molecule has 0 aliphatic carbocycles. The number of carbonyl (C=O) groups is 1. The Morgan fingerprint density at radius 3 is 2.15 bits per heavy atom. The minimum absolute atomic E-state index is 0.250. The summed E-state index contributed by atoms with van der Waals surface area (Å²) in [6.45, 7) is 6.35. The summed E-state index contributed by atoms with van der Waals surface area (Å²) in [6.07, 6.45) is 5.95. The van der Waals surface area contributed by atoms with Crippen molar-refractivity contribution in [1.82, 2.24) is 4.90 Å². The number of primary amides is 1. The molecule has 0 heterocycles. The molecule has 0 aromatic heterocycles. The Balaban J connectivity index is 0.00000154. The van der Waals surface area contributed by atoms with E-state index in [-0.39, 0.29) is 6.41 Å². The Bertz CT molecular complexity index is 853. The van der Waals surface area contributed by atoms with Gasteiger partial charge in [0.1, 0.15) is 11.7 Å². The number of hydrogen-bond donors (Lipinski definition) is 4. The van der Waals surface area contributed by atoms with Gasteiger partial charge in [-0.1, -0.05) is 72.1 Å². The number of amides is 1. The van der Waals surface area contributed by atoms with Gasteiger partial charge in [0.25, 0.3) is 0 Å². The molecule has 180 valence electrons. The second-order valence-electron chi connectivity index (χ2n) is 7.03. The van der Waals surface area contributed by atoms with Crippen LogP contribution in [0.4, 0.5) is 0 Å². The monoisotopic (exact) mass is 491 g/mol. The van der Waals surface area contributed by atoms with Crippen molar-refractivity contribution in [3.63, 3.8) is 0 Å². The third-order valence-electron chi connectivity index (χ3n) is 4.31. The first-order chi connectivity index (χ1) is 15.8. The summed E-state index contributed by atoms with van der Waals surface area (Å²) in [5, 5.41) is 18.1. The summed E-state index contributed by atoms with van der Waals surface area (Å²) in [5.41, 5.74) is 11.7. The van der Waals surface area contributed by atoms with Gasteiger partial charge in [-0.05, 0) is 49.6 Å². The van der Waals surface area contributed by atoms with Gasteiger partial charge >= 0.3 is 0 Å². The standard InChI is InChI=1S/C21H26Cl2N4.C3H6.CH3NO/c22-18-11-10-17(13-19(18)23)15-27(20(25)9-5-2-6-12-24)21(26)14-16-7-3-1-4-8-16;1-3-2;2-1-3/h1,3-4,7-8,10-11,13,25-26H,2,5-6,9,12,14-15,24H2;3H,1H2,2H3;1H,(H2,2,3). The van der Waals surface area contributed by atoms with Gasteiger partial charge in [-0.15, -0.1) is 6.58 Å². The number of rotatable bonds is 9. The van der Waals surface area contributed by atoms with Crippen LogP contribution < -0.4 is 11.5 Å². The van der Waals surface area contributed by atoms with Gasteiger partial charge in [0.2, 0.25) is 6.41 Å². The Morgan fingerprint density at radius 1 is 1.00 bits per heavy atom. The normalized spacial score (nSPS) is 9.45. The Labute approximate surface area is 207 Å². The lowest BCUT2D eigenvalue weighted by Gasteiger charge is -2.26. The molecule has 1 amide bonds. The third-order valence-corrected chi connectivity index (χ3v) is 5.05. The summed E-state index contributed by atoms with van der Waals surface area (Å²) in [7, 11) is 0. The molecule has 0 spiro atoms. The molecule has 33 heavy (non-hydrogen) atoms. The van der Waals surface area contributed by atoms with Crippen molar-refractivity contribution in [2.24, 2.45) is 11.5 Å². The predicted molar refractivity (Wildman–Crippen MR) is 141 cm³/mol. The summed E-state index contributed by atoms with van der Waals surface area (Å²) >= 11 is 12.1. The zero-order valence-electron chi connectivity index (χ0n) is 19.2. The molecule has 0 aliphatic rings. The molecule has 0 unspecified atom stereocenters. The van der Waals surface area contributed by atoms with Gasteiger partial charge in [-0.2, -0.15) is 0 Å². The van der Waals surface area contributed by atoms with Crippen molar-refractivity contribution in [3.8, 4) is 0 Å². The number of unbranched alkanes of at least 4 members (excludes halogenated alkanes) is 2. The molecule has 0 atom stereocenters. The number of halogens is 2. The van der Waals surface area contributed by atoms with Crippen molar-refractivity contribution >= 4 is 41.3 Å². The topological polar surface area (TPSA) is 120 Å². The lowest BCUT2D eigenvalue weighted by molar-refractivity contribution is -0.106. The van der Waals surface area contributed by atoms with Gasteiger partial charge in [0.15, 0.2) is 0 Å². The maximum absolute atomic E-state index is 8.58. The van der Waals surface area contributed by atoms with Crippen LogP contribution in [0, 0.1) is 10.8 Å². The molecule has 6 N–H and O–H groups in total. The van der Waals surface area contributed by atoms with E-state index in [1.165, 1.54) is 0 Å². The van der Waals surface area contributed by atoms with Crippen LogP contribution in [0.15, 0.2) is 61.2 Å². The van der Waals surface area contributed by atoms with Crippen LogP contribution in [-0.4, -0.2) is 29.5 Å². The molecule has 2 aromatic rings. The molecule has 0 bridgehead atoms. The van der Waals surface area contributed by atoms with E-state index in [2.05, 4.69) is 12.3 Å². The van der Waals surface area contributed by atoms with E-state index in [0.717, 1.165) is 30.4 Å². The molecule has 6 nitrogen and oxygen atoms in total. The molecule has 2 rings (SSSR count). The summed E-state index contributed by atoms with van der Waals surface area (Å²) < 4.78 is 0. The zero-order valence-corrected chi connectivity index (χ0v) is 20.7. The molecule has 8 heteroatoms. The zero-order chi connectivity index (χ0) is 25.1. The van der Waals surface area contributed by atoms with Gasteiger partial charge < -0.3 is 16.4 Å². The van der Waals surface area contributed by atoms with E-state index in [1.54, 1.807) is 23.1 Å². The molecule has 0 radical (unpaired) electrons. The Morgan fingerprint density at radius 2 is 1.61 bits per heavy atom. The second kappa shape index (κ2) is 18.9. The average Bonchev–Trinajstić information content (AvgIpc) is 2.79. The first-order valence-corrected chi connectivity index (χ1v) is 11.4. The van der Waals surface area contributed by atoms with Crippen molar-refractivity contribution in [1.29, 1.82) is 10.8 Å². The molecular formula is C25H35Cl2N5O. The lowest BCUT2D eigenvalue weighted by atomic mass is 10.1. The fraction of sp³-hybridized carbons (Fsp3) is 0.320. The molecule has 0 saturated heterocycles. The van der Waals surface area contributed by atoms with E-state index < -0.39 is 0 Å². The minimum atomic E-state index is 0.250. The van der Waals surface area contributed by atoms with Crippen molar-refractivity contribution < 1.29 is 4.79 Å². The Kier molecular flexibility index (Phi) is 17.3. The van der Waals surface area contributed by atoms with Crippen molar-refractivity contribution in [2.45, 2.75) is 45.6 Å². The highest BCUT2D eigenvalue weighted by Crippen LogP contribution is 2.24. The van der Waals surface area contributed by atoms with E-state index >= 15 is 0 Å². The summed E-state index contributed by atoms with van der Waals surface area (Å²) in [6, 6.07) is 15.3. The van der Waals surface area contributed by atoms with E-state index in [0.29, 0.717) is 47.6 Å². The van der Waals surface area contributed by atoms with Crippen LogP contribution >= 0.6 is 23.2 Å². The first-order valence-electron chi connectivity index (χ1n) is 10.7. The first kappa shape index (κ1) is 30.3. The molecule has 2 aromatic carbocycles. The quantitative estimate of drug-likeness (QED) is 0.116. The third kappa shape index (κ3) is 13.5. The maximum Gasteiger partial charge on any atom is 0.204 e. The number of amidine groups is 2. The number of nitrogens with two attached hydrogens (primary N) is 2.